The van der Waals surface area contributed by atoms with Crippen LogP contribution >= 0.6 is 23.2 Å². The third kappa shape index (κ3) is 6.74. The summed E-state index contributed by atoms with van der Waals surface area (Å²) in [6, 6.07) is 9.69. The average Bonchev–Trinajstić information content (AvgIpc) is 3.13. The summed E-state index contributed by atoms with van der Waals surface area (Å²) in [4.78, 5) is 39.1. The number of esters is 1. The fraction of sp³-hybridized carbons (Fsp3) is 0.320. The van der Waals surface area contributed by atoms with Crippen molar-refractivity contribution >= 4 is 41.0 Å². The number of amides is 2. The van der Waals surface area contributed by atoms with Crippen LogP contribution in [0.5, 0.6) is 0 Å². The zero-order valence-electron chi connectivity index (χ0n) is 19.0. The maximum atomic E-state index is 13.3. The van der Waals surface area contributed by atoms with Crippen LogP contribution in [0.1, 0.15) is 24.5 Å². The zero-order valence-corrected chi connectivity index (χ0v) is 20.5. The molecule has 0 fully saturated rings. The topological polar surface area (TPSA) is 95.9 Å². The Morgan fingerprint density at radius 2 is 1.83 bits per heavy atom. The van der Waals surface area contributed by atoms with Gasteiger partial charge in [0, 0.05) is 13.0 Å². The van der Waals surface area contributed by atoms with Crippen LogP contribution in [0, 0.1) is 5.82 Å². The second-order valence-corrected chi connectivity index (χ2v) is 8.78. The van der Waals surface area contributed by atoms with Gasteiger partial charge in [-0.1, -0.05) is 41.4 Å². The fourth-order valence-corrected chi connectivity index (χ4v) is 4.03. The number of aliphatic hydroxyl groups is 1. The molecule has 2 aromatic carbocycles. The summed E-state index contributed by atoms with van der Waals surface area (Å²) in [5.41, 5.74) is 1.42. The standard InChI is InChI=1S/C25H25Cl2FN2O5/c1-2-35-25(34)21(13-16-5-8-17(28)9-6-16)30-14-18(22(31)24(30)33)23(32)29-11-3-4-15-7-10-19(26)20(27)12-15/h5-10,12,21,31H,2-4,11,13-14H2,1H3,(H,29,32)/t21-/m0/s1. The van der Waals surface area contributed by atoms with Crippen molar-refractivity contribution in [3.63, 3.8) is 0 Å². The van der Waals surface area contributed by atoms with E-state index in [-0.39, 0.29) is 25.1 Å². The van der Waals surface area contributed by atoms with Crippen LogP contribution in [0.4, 0.5) is 4.39 Å². The molecule has 1 aliphatic rings. The molecule has 0 saturated heterocycles. The maximum absolute atomic E-state index is 13.3. The predicted octanol–water partition coefficient (Wildman–Crippen LogP) is 4.01. The van der Waals surface area contributed by atoms with Gasteiger partial charge in [0.2, 0.25) is 0 Å². The van der Waals surface area contributed by atoms with Gasteiger partial charge in [-0.05, 0) is 55.2 Å². The largest absolute Gasteiger partial charge is 0.503 e. The van der Waals surface area contributed by atoms with E-state index in [1.54, 1.807) is 19.1 Å². The molecule has 0 aliphatic carbocycles. The highest BCUT2D eigenvalue weighted by molar-refractivity contribution is 6.42. The lowest BCUT2D eigenvalue weighted by atomic mass is 10.0. The summed E-state index contributed by atoms with van der Waals surface area (Å²) in [6.07, 6.45) is 1.26. The van der Waals surface area contributed by atoms with Gasteiger partial charge in [-0.3, -0.25) is 9.59 Å². The van der Waals surface area contributed by atoms with Crippen molar-refractivity contribution in [1.29, 1.82) is 0 Å². The van der Waals surface area contributed by atoms with Gasteiger partial charge in [0.05, 0.1) is 28.8 Å². The van der Waals surface area contributed by atoms with Crippen LogP contribution in [0.3, 0.4) is 0 Å². The molecule has 35 heavy (non-hydrogen) atoms. The van der Waals surface area contributed by atoms with Gasteiger partial charge in [0.15, 0.2) is 5.76 Å². The molecule has 186 valence electrons. The molecule has 1 aliphatic heterocycles. The first kappa shape index (κ1) is 26.5. The lowest BCUT2D eigenvalue weighted by Gasteiger charge is -2.26. The Labute approximate surface area is 212 Å². The van der Waals surface area contributed by atoms with Crippen molar-refractivity contribution in [1.82, 2.24) is 10.2 Å². The fourth-order valence-electron chi connectivity index (χ4n) is 3.71. The highest BCUT2D eigenvalue weighted by Crippen LogP contribution is 2.24. The van der Waals surface area contributed by atoms with Crippen molar-refractivity contribution in [3.8, 4) is 0 Å². The number of rotatable bonds is 10. The summed E-state index contributed by atoms with van der Waals surface area (Å²) >= 11 is 11.9. The third-order valence-electron chi connectivity index (χ3n) is 5.54. The van der Waals surface area contributed by atoms with Crippen molar-refractivity contribution in [3.05, 3.63) is 80.8 Å². The summed E-state index contributed by atoms with van der Waals surface area (Å²) in [5.74, 6) is -3.26. The second-order valence-electron chi connectivity index (χ2n) is 7.97. The molecule has 0 spiro atoms. The van der Waals surface area contributed by atoms with Crippen molar-refractivity contribution in [2.45, 2.75) is 32.2 Å². The van der Waals surface area contributed by atoms with Crippen molar-refractivity contribution in [2.24, 2.45) is 0 Å². The molecule has 0 bridgehead atoms. The SMILES string of the molecule is CCOC(=O)[C@H](Cc1ccc(F)cc1)N1CC(C(=O)NCCCc2ccc(Cl)c(Cl)c2)=C(O)C1=O. The Balaban J connectivity index is 1.62. The van der Waals surface area contributed by atoms with E-state index in [9.17, 15) is 23.9 Å². The van der Waals surface area contributed by atoms with Gasteiger partial charge in [-0.15, -0.1) is 0 Å². The molecule has 0 aromatic heterocycles. The van der Waals surface area contributed by atoms with E-state index in [4.69, 9.17) is 27.9 Å². The van der Waals surface area contributed by atoms with Gasteiger partial charge < -0.3 is 20.1 Å². The quantitative estimate of drug-likeness (QED) is 0.363. The molecule has 0 unspecified atom stereocenters. The maximum Gasteiger partial charge on any atom is 0.329 e. The Morgan fingerprint density at radius 1 is 1.14 bits per heavy atom. The van der Waals surface area contributed by atoms with Crippen LogP contribution < -0.4 is 5.32 Å². The summed E-state index contributed by atoms with van der Waals surface area (Å²) in [7, 11) is 0. The minimum absolute atomic E-state index is 0.0384. The molecule has 7 nitrogen and oxygen atoms in total. The highest BCUT2D eigenvalue weighted by atomic mass is 35.5. The predicted molar refractivity (Wildman–Crippen MR) is 130 cm³/mol. The van der Waals surface area contributed by atoms with Gasteiger partial charge in [-0.25, -0.2) is 9.18 Å². The minimum atomic E-state index is -1.09. The molecule has 2 aromatic rings. The van der Waals surface area contributed by atoms with E-state index in [1.807, 2.05) is 6.07 Å². The Morgan fingerprint density at radius 3 is 2.49 bits per heavy atom. The molecule has 3 rings (SSSR count). The normalized spacial score (nSPS) is 14.3. The van der Waals surface area contributed by atoms with Crippen molar-refractivity contribution in [2.75, 3.05) is 19.7 Å². The lowest BCUT2D eigenvalue weighted by molar-refractivity contribution is -0.153. The molecular formula is C25H25Cl2FN2O5. The van der Waals surface area contributed by atoms with Gasteiger partial charge >= 0.3 is 5.97 Å². The number of ether oxygens (including phenoxy) is 1. The van der Waals surface area contributed by atoms with Crippen LogP contribution in [0.2, 0.25) is 10.0 Å². The third-order valence-corrected chi connectivity index (χ3v) is 6.28. The number of nitrogens with one attached hydrogen (secondary N) is 1. The number of carbonyl (C=O) groups is 3. The van der Waals surface area contributed by atoms with Gasteiger partial charge in [0.1, 0.15) is 11.9 Å². The van der Waals surface area contributed by atoms with E-state index < -0.39 is 35.4 Å². The summed E-state index contributed by atoms with van der Waals surface area (Å²) < 4.78 is 18.4. The molecule has 2 N–H and O–H groups in total. The molecule has 2 amide bonds. The Kier molecular flexibility index (Phi) is 9.12. The zero-order chi connectivity index (χ0) is 25.5. The Bertz CT molecular complexity index is 1140. The molecule has 0 radical (unpaired) electrons. The first-order valence-electron chi connectivity index (χ1n) is 11.1. The number of hydrogen-bond donors (Lipinski definition) is 2. The van der Waals surface area contributed by atoms with Gasteiger partial charge in [0.25, 0.3) is 11.8 Å². The number of nitrogens with zero attached hydrogens (tertiary/aromatic N) is 1. The van der Waals surface area contributed by atoms with Crippen LogP contribution in [0.25, 0.3) is 0 Å². The van der Waals surface area contributed by atoms with E-state index in [2.05, 4.69) is 5.32 Å². The van der Waals surface area contributed by atoms with E-state index in [1.165, 1.54) is 24.3 Å². The van der Waals surface area contributed by atoms with Gasteiger partial charge in [-0.2, -0.15) is 0 Å². The summed E-state index contributed by atoms with van der Waals surface area (Å²) in [5, 5.41) is 13.9. The smallest absolute Gasteiger partial charge is 0.329 e. The van der Waals surface area contributed by atoms with Crippen LogP contribution in [0.15, 0.2) is 53.8 Å². The van der Waals surface area contributed by atoms with Crippen molar-refractivity contribution < 1.29 is 28.6 Å². The number of halogens is 3. The molecule has 1 heterocycles. The number of hydrogen-bond acceptors (Lipinski definition) is 5. The second kappa shape index (κ2) is 12.0. The molecule has 0 saturated carbocycles. The lowest BCUT2D eigenvalue weighted by Crippen LogP contribution is -2.46. The van der Waals surface area contributed by atoms with Crippen LogP contribution in [-0.2, 0) is 32.0 Å². The highest BCUT2D eigenvalue weighted by Gasteiger charge is 2.41. The number of aliphatic hydroxyl groups excluding tert-OH is 1. The molecular weight excluding hydrogens is 498 g/mol. The van der Waals surface area contributed by atoms with E-state index in [0.717, 1.165) is 10.5 Å². The molecule has 10 heteroatoms. The minimum Gasteiger partial charge on any atom is -0.503 e. The Hall–Kier alpha value is -3.10. The van der Waals surface area contributed by atoms with Crippen LogP contribution in [-0.4, -0.2) is 53.5 Å². The number of carbonyl (C=O) groups excluding carboxylic acids is 3. The first-order valence-corrected chi connectivity index (χ1v) is 11.8. The van der Waals surface area contributed by atoms with E-state index in [0.29, 0.717) is 35.0 Å². The van der Waals surface area contributed by atoms with E-state index >= 15 is 0 Å². The monoisotopic (exact) mass is 522 g/mol. The first-order chi connectivity index (χ1) is 16.7. The number of benzene rings is 2. The summed E-state index contributed by atoms with van der Waals surface area (Å²) in [6.45, 7) is 1.76. The number of aryl methyl sites for hydroxylation is 1. The average molecular weight is 523 g/mol. The molecule has 1 atom stereocenters.